The first kappa shape index (κ1) is 19.6. The molecule has 3 rings (SSSR count). The molecule has 0 aliphatic carbocycles. The normalized spacial score (nSPS) is 18.0. The fourth-order valence-corrected chi connectivity index (χ4v) is 3.60. The van der Waals surface area contributed by atoms with E-state index in [-0.39, 0.29) is 29.9 Å². The van der Waals surface area contributed by atoms with Gasteiger partial charge in [-0.2, -0.15) is 0 Å². The maximum absolute atomic E-state index is 12.4. The van der Waals surface area contributed by atoms with Crippen LogP contribution < -0.4 is 20.1 Å². The first-order chi connectivity index (χ1) is 13.1. The number of benzene rings is 1. The number of hydrogen-bond donors (Lipinski definition) is 2. The van der Waals surface area contributed by atoms with Crippen LogP contribution in [0.2, 0.25) is 0 Å². The molecule has 1 aromatic carbocycles. The quantitative estimate of drug-likeness (QED) is 0.670. The van der Waals surface area contributed by atoms with Crippen LogP contribution in [0.4, 0.5) is 0 Å². The van der Waals surface area contributed by atoms with E-state index in [1.165, 1.54) is 0 Å². The highest BCUT2D eigenvalue weighted by molar-refractivity contribution is 5.98. The lowest BCUT2D eigenvalue weighted by atomic mass is 9.79. The minimum atomic E-state index is -0.102. The van der Waals surface area contributed by atoms with Crippen LogP contribution in [-0.2, 0) is 9.53 Å². The van der Waals surface area contributed by atoms with Gasteiger partial charge in [0.2, 0.25) is 5.91 Å². The monoisotopic (exact) mass is 376 g/mol. The molecule has 0 radical (unpaired) electrons. The van der Waals surface area contributed by atoms with Crippen LogP contribution in [0.1, 0.15) is 36.0 Å². The Morgan fingerprint density at radius 3 is 2.63 bits per heavy atom. The van der Waals surface area contributed by atoms with Crippen LogP contribution in [0.15, 0.2) is 18.2 Å². The Morgan fingerprint density at radius 2 is 1.89 bits per heavy atom. The number of ether oxygens (including phenoxy) is 3. The molecule has 1 saturated heterocycles. The summed E-state index contributed by atoms with van der Waals surface area (Å²) in [6, 6.07) is 5.15. The van der Waals surface area contributed by atoms with Crippen molar-refractivity contribution in [1.29, 1.82) is 0 Å². The van der Waals surface area contributed by atoms with Gasteiger partial charge in [0.25, 0.3) is 0 Å². The molecule has 0 aromatic heterocycles. The second-order valence-corrected chi connectivity index (χ2v) is 7.24. The fraction of sp³-hybridized carbons (Fsp3) is 0.600. The van der Waals surface area contributed by atoms with Gasteiger partial charge < -0.3 is 24.8 Å². The van der Waals surface area contributed by atoms with Gasteiger partial charge in [-0.05, 0) is 44.1 Å². The number of ketones is 1. The maximum Gasteiger partial charge on any atom is 0.220 e. The summed E-state index contributed by atoms with van der Waals surface area (Å²) in [5.41, 5.74) is 0.524. The number of amides is 1. The smallest absolute Gasteiger partial charge is 0.220 e. The maximum atomic E-state index is 12.4. The molecule has 2 aliphatic rings. The van der Waals surface area contributed by atoms with Gasteiger partial charge in [0.1, 0.15) is 13.2 Å². The number of piperidine rings is 1. The number of Topliss-reactive ketones (excluding diaryl/α,β-unsaturated/α-hetero) is 1. The van der Waals surface area contributed by atoms with Crippen molar-refractivity contribution < 1.29 is 23.8 Å². The van der Waals surface area contributed by atoms with E-state index in [0.717, 1.165) is 25.9 Å². The minimum absolute atomic E-state index is 0.0184. The molecule has 2 aliphatic heterocycles. The zero-order chi connectivity index (χ0) is 19.1. The average Bonchev–Trinajstić information content (AvgIpc) is 2.71. The van der Waals surface area contributed by atoms with Crippen molar-refractivity contribution in [2.24, 2.45) is 5.41 Å². The van der Waals surface area contributed by atoms with E-state index in [2.05, 4.69) is 10.6 Å². The number of rotatable bonds is 8. The van der Waals surface area contributed by atoms with Crippen LogP contribution in [-0.4, -0.2) is 58.3 Å². The number of carbonyl (C=O) groups excluding carboxylic acids is 2. The molecule has 2 heterocycles. The Hall–Kier alpha value is -2.12. The summed E-state index contributed by atoms with van der Waals surface area (Å²) in [6.45, 7) is 4.07. The van der Waals surface area contributed by atoms with Crippen molar-refractivity contribution in [3.05, 3.63) is 23.8 Å². The van der Waals surface area contributed by atoms with E-state index in [0.29, 0.717) is 43.4 Å². The van der Waals surface area contributed by atoms with Crippen LogP contribution in [0.3, 0.4) is 0 Å². The summed E-state index contributed by atoms with van der Waals surface area (Å²) in [5.74, 6) is 1.07. The Balaban J connectivity index is 1.47. The third-order valence-corrected chi connectivity index (χ3v) is 5.22. The number of hydrogen-bond acceptors (Lipinski definition) is 6. The van der Waals surface area contributed by atoms with Crippen molar-refractivity contribution in [3.63, 3.8) is 0 Å². The predicted molar refractivity (Wildman–Crippen MR) is 100 cm³/mol. The molecule has 0 unspecified atom stereocenters. The van der Waals surface area contributed by atoms with Gasteiger partial charge in [-0.1, -0.05) is 0 Å². The zero-order valence-electron chi connectivity index (χ0n) is 15.8. The molecule has 7 heteroatoms. The van der Waals surface area contributed by atoms with Crippen molar-refractivity contribution in [2.75, 3.05) is 46.6 Å². The lowest BCUT2D eigenvalue weighted by Crippen LogP contribution is -2.47. The lowest BCUT2D eigenvalue weighted by Gasteiger charge is -2.37. The molecular weight excluding hydrogens is 348 g/mol. The molecule has 1 fully saturated rings. The summed E-state index contributed by atoms with van der Waals surface area (Å²) in [4.78, 5) is 24.6. The molecule has 0 atom stereocenters. The van der Waals surface area contributed by atoms with E-state index in [4.69, 9.17) is 14.2 Å². The summed E-state index contributed by atoms with van der Waals surface area (Å²) in [6.07, 6.45) is 2.29. The van der Waals surface area contributed by atoms with Gasteiger partial charge in [0.15, 0.2) is 17.3 Å². The highest BCUT2D eigenvalue weighted by atomic mass is 16.6. The first-order valence-electron chi connectivity index (χ1n) is 9.51. The molecule has 2 N–H and O–H groups in total. The molecule has 0 saturated carbocycles. The number of methoxy groups -OCH3 is 1. The average molecular weight is 376 g/mol. The van der Waals surface area contributed by atoms with Gasteiger partial charge in [-0.15, -0.1) is 0 Å². The van der Waals surface area contributed by atoms with Crippen LogP contribution in [0, 0.1) is 5.41 Å². The summed E-state index contributed by atoms with van der Waals surface area (Å²) < 4.78 is 16.3. The molecule has 1 amide bonds. The van der Waals surface area contributed by atoms with Crippen molar-refractivity contribution in [3.8, 4) is 11.5 Å². The second kappa shape index (κ2) is 9.19. The van der Waals surface area contributed by atoms with Crippen molar-refractivity contribution >= 4 is 11.7 Å². The Bertz CT molecular complexity index is 665. The van der Waals surface area contributed by atoms with Crippen LogP contribution >= 0.6 is 0 Å². The van der Waals surface area contributed by atoms with E-state index in [1.54, 1.807) is 25.3 Å². The molecule has 148 valence electrons. The van der Waals surface area contributed by atoms with Crippen molar-refractivity contribution in [2.45, 2.75) is 25.7 Å². The second-order valence-electron chi connectivity index (χ2n) is 7.24. The SMILES string of the molecule is COCC1(CNC(=O)CCC(=O)c2ccc3c(c2)OCCO3)CCNCC1. The third kappa shape index (κ3) is 5.20. The third-order valence-electron chi connectivity index (χ3n) is 5.22. The molecule has 7 nitrogen and oxygen atoms in total. The van der Waals surface area contributed by atoms with Gasteiger partial charge in [-0.3, -0.25) is 9.59 Å². The van der Waals surface area contributed by atoms with Crippen molar-refractivity contribution in [1.82, 2.24) is 10.6 Å². The molecule has 1 aromatic rings. The molecule has 0 bridgehead atoms. The zero-order valence-corrected chi connectivity index (χ0v) is 15.8. The Labute approximate surface area is 159 Å². The molecular formula is C20H28N2O5. The van der Waals surface area contributed by atoms with Gasteiger partial charge in [0, 0.05) is 37.5 Å². The predicted octanol–water partition coefficient (Wildman–Crippen LogP) is 1.55. The summed E-state index contributed by atoms with van der Waals surface area (Å²) >= 11 is 0. The van der Waals surface area contributed by atoms with Gasteiger partial charge >= 0.3 is 0 Å². The lowest BCUT2D eigenvalue weighted by molar-refractivity contribution is -0.122. The topological polar surface area (TPSA) is 85.9 Å². The Morgan fingerprint density at radius 1 is 1.15 bits per heavy atom. The van der Waals surface area contributed by atoms with E-state index in [1.807, 2.05) is 0 Å². The highest BCUT2D eigenvalue weighted by Crippen LogP contribution is 2.31. The fourth-order valence-electron chi connectivity index (χ4n) is 3.60. The Kier molecular flexibility index (Phi) is 6.68. The standard InChI is InChI=1S/C20H28N2O5/c1-25-14-20(6-8-21-9-7-20)13-22-19(24)5-3-16(23)15-2-4-17-18(12-15)27-11-10-26-17/h2,4,12,21H,3,5-11,13-14H2,1H3,(H,22,24). The van der Waals surface area contributed by atoms with E-state index < -0.39 is 0 Å². The van der Waals surface area contributed by atoms with E-state index in [9.17, 15) is 9.59 Å². The molecule has 27 heavy (non-hydrogen) atoms. The van der Waals surface area contributed by atoms with Gasteiger partial charge in [-0.25, -0.2) is 0 Å². The number of fused-ring (bicyclic) bond motifs is 1. The van der Waals surface area contributed by atoms with Crippen LogP contribution in [0.25, 0.3) is 0 Å². The van der Waals surface area contributed by atoms with Crippen LogP contribution in [0.5, 0.6) is 11.5 Å². The van der Waals surface area contributed by atoms with Gasteiger partial charge in [0.05, 0.1) is 6.61 Å². The highest BCUT2D eigenvalue weighted by Gasteiger charge is 2.32. The largest absolute Gasteiger partial charge is 0.486 e. The minimum Gasteiger partial charge on any atom is -0.486 e. The number of carbonyl (C=O) groups is 2. The summed E-state index contributed by atoms with van der Waals surface area (Å²) in [5, 5.41) is 6.32. The first-order valence-corrected chi connectivity index (χ1v) is 9.51. The number of nitrogens with one attached hydrogen (secondary N) is 2. The summed E-state index contributed by atoms with van der Waals surface area (Å²) in [7, 11) is 1.69. The molecule has 0 spiro atoms. The van der Waals surface area contributed by atoms with E-state index >= 15 is 0 Å².